The summed E-state index contributed by atoms with van der Waals surface area (Å²) in [6, 6.07) is 6.72. The molecular formula is C18H28BrNO. The molecule has 0 saturated heterocycles. The quantitative estimate of drug-likeness (QED) is 0.670. The molecule has 1 aromatic rings. The molecule has 1 unspecified atom stereocenters. The third-order valence-corrected chi connectivity index (χ3v) is 4.73. The Labute approximate surface area is 137 Å². The molecule has 1 aliphatic carbocycles. The highest BCUT2D eigenvalue weighted by Crippen LogP contribution is 2.31. The lowest BCUT2D eigenvalue weighted by Crippen LogP contribution is -2.22. The van der Waals surface area contributed by atoms with Crippen LogP contribution in [0.25, 0.3) is 0 Å². The molecule has 1 saturated carbocycles. The largest absolute Gasteiger partial charge is 0.490 e. The molecule has 0 aromatic heterocycles. The molecule has 118 valence electrons. The van der Waals surface area contributed by atoms with Crippen LogP contribution in [0.5, 0.6) is 5.75 Å². The fraction of sp³-hybridized carbons (Fsp3) is 0.667. The van der Waals surface area contributed by atoms with E-state index in [9.17, 15) is 0 Å². The average molecular weight is 354 g/mol. The van der Waals surface area contributed by atoms with E-state index in [0.717, 1.165) is 23.2 Å². The third kappa shape index (κ3) is 5.30. The fourth-order valence-corrected chi connectivity index (χ4v) is 3.35. The van der Waals surface area contributed by atoms with E-state index in [1.807, 2.05) is 0 Å². The monoisotopic (exact) mass is 353 g/mol. The Morgan fingerprint density at radius 1 is 1.24 bits per heavy atom. The van der Waals surface area contributed by atoms with Gasteiger partial charge in [-0.1, -0.05) is 35.7 Å². The predicted octanol–water partition coefficient (Wildman–Crippen LogP) is 5.61. The molecule has 21 heavy (non-hydrogen) atoms. The summed E-state index contributed by atoms with van der Waals surface area (Å²) in [6.07, 6.45) is 9.28. The molecule has 0 heterocycles. The van der Waals surface area contributed by atoms with Crippen LogP contribution in [0, 0.1) is 0 Å². The van der Waals surface area contributed by atoms with Crippen molar-refractivity contribution in [2.24, 2.45) is 0 Å². The number of nitrogens with one attached hydrogen (secondary N) is 1. The minimum absolute atomic E-state index is 0.322. The first-order valence-corrected chi connectivity index (χ1v) is 9.19. The van der Waals surface area contributed by atoms with Crippen molar-refractivity contribution >= 4 is 15.9 Å². The molecule has 3 heteroatoms. The van der Waals surface area contributed by atoms with Gasteiger partial charge in [0.05, 0.1) is 6.10 Å². The topological polar surface area (TPSA) is 21.3 Å². The molecule has 1 aliphatic rings. The van der Waals surface area contributed by atoms with Crippen LogP contribution in [0.15, 0.2) is 22.7 Å². The van der Waals surface area contributed by atoms with Crippen molar-refractivity contribution in [1.82, 2.24) is 5.32 Å². The lowest BCUT2D eigenvalue weighted by atomic mass is 10.1. The normalized spacial score (nSPS) is 18.2. The first-order valence-electron chi connectivity index (χ1n) is 8.40. The molecule has 0 aliphatic heterocycles. The Morgan fingerprint density at radius 3 is 2.62 bits per heavy atom. The predicted molar refractivity (Wildman–Crippen MR) is 93.0 cm³/mol. The zero-order chi connectivity index (χ0) is 15.1. The van der Waals surface area contributed by atoms with Gasteiger partial charge in [0.15, 0.2) is 0 Å². The van der Waals surface area contributed by atoms with Gasteiger partial charge in [-0.2, -0.15) is 0 Å². The highest BCUT2D eigenvalue weighted by molar-refractivity contribution is 9.10. The van der Waals surface area contributed by atoms with Crippen molar-refractivity contribution in [2.75, 3.05) is 6.54 Å². The SMILES string of the molecule is CCCNC(C)c1cc(Br)ccc1OC1CCCCCC1. The Bertz CT molecular complexity index is 427. The van der Waals surface area contributed by atoms with Crippen LogP contribution in [0.3, 0.4) is 0 Å². The maximum atomic E-state index is 6.36. The number of benzene rings is 1. The minimum atomic E-state index is 0.322. The maximum absolute atomic E-state index is 6.36. The van der Waals surface area contributed by atoms with Crippen molar-refractivity contribution < 1.29 is 4.74 Å². The molecule has 1 fully saturated rings. The van der Waals surface area contributed by atoms with Crippen molar-refractivity contribution in [1.29, 1.82) is 0 Å². The summed E-state index contributed by atoms with van der Waals surface area (Å²) >= 11 is 3.59. The smallest absolute Gasteiger partial charge is 0.124 e. The summed E-state index contributed by atoms with van der Waals surface area (Å²) in [5.74, 6) is 1.06. The van der Waals surface area contributed by atoms with Crippen molar-refractivity contribution in [3.63, 3.8) is 0 Å². The zero-order valence-corrected chi connectivity index (χ0v) is 14.9. The Balaban J connectivity index is 2.09. The van der Waals surface area contributed by atoms with Gasteiger partial charge in [-0.25, -0.2) is 0 Å². The number of hydrogen-bond acceptors (Lipinski definition) is 2. The summed E-state index contributed by atoms with van der Waals surface area (Å²) < 4.78 is 7.48. The first-order chi connectivity index (χ1) is 10.2. The average Bonchev–Trinajstić information content (AvgIpc) is 2.75. The van der Waals surface area contributed by atoms with Gasteiger partial charge in [-0.05, 0) is 63.8 Å². The molecule has 0 bridgehead atoms. The van der Waals surface area contributed by atoms with Gasteiger partial charge in [-0.15, -0.1) is 0 Å². The van der Waals surface area contributed by atoms with Crippen molar-refractivity contribution in [3.8, 4) is 5.75 Å². The second-order valence-corrected chi connectivity index (χ2v) is 7.01. The molecule has 0 amide bonds. The van der Waals surface area contributed by atoms with Gasteiger partial charge >= 0.3 is 0 Å². The van der Waals surface area contributed by atoms with E-state index in [-0.39, 0.29) is 0 Å². The summed E-state index contributed by atoms with van der Waals surface area (Å²) in [4.78, 5) is 0. The molecule has 1 atom stereocenters. The third-order valence-electron chi connectivity index (χ3n) is 4.23. The molecule has 1 N–H and O–H groups in total. The van der Waals surface area contributed by atoms with E-state index in [1.54, 1.807) is 0 Å². The van der Waals surface area contributed by atoms with E-state index in [2.05, 4.69) is 53.3 Å². The van der Waals surface area contributed by atoms with Crippen LogP contribution in [0.2, 0.25) is 0 Å². The summed E-state index contributed by atoms with van der Waals surface area (Å²) in [5.41, 5.74) is 1.27. The van der Waals surface area contributed by atoms with Crippen LogP contribution < -0.4 is 10.1 Å². The van der Waals surface area contributed by atoms with Crippen LogP contribution in [-0.4, -0.2) is 12.6 Å². The van der Waals surface area contributed by atoms with Crippen molar-refractivity contribution in [2.45, 2.75) is 70.9 Å². The minimum Gasteiger partial charge on any atom is -0.490 e. The second kappa shape index (κ2) is 8.79. The van der Waals surface area contributed by atoms with Gasteiger partial charge in [0.1, 0.15) is 5.75 Å². The van der Waals surface area contributed by atoms with E-state index >= 15 is 0 Å². The van der Waals surface area contributed by atoms with E-state index in [1.165, 1.54) is 44.1 Å². The number of rotatable bonds is 6. The fourth-order valence-electron chi connectivity index (χ4n) is 2.98. The molecule has 0 spiro atoms. The Kier molecular flexibility index (Phi) is 7.05. The van der Waals surface area contributed by atoms with Crippen molar-refractivity contribution in [3.05, 3.63) is 28.2 Å². The van der Waals surface area contributed by atoms with Crippen LogP contribution in [0.1, 0.15) is 70.4 Å². The molecule has 1 aromatic carbocycles. The zero-order valence-electron chi connectivity index (χ0n) is 13.3. The van der Waals surface area contributed by atoms with Gasteiger partial charge in [-0.3, -0.25) is 0 Å². The summed E-state index contributed by atoms with van der Waals surface area (Å²) in [5, 5.41) is 3.56. The Morgan fingerprint density at radius 2 is 1.95 bits per heavy atom. The standard InChI is InChI=1S/C18H28BrNO/c1-3-12-20-14(2)17-13-15(19)10-11-18(17)21-16-8-6-4-5-7-9-16/h10-11,13-14,16,20H,3-9,12H2,1-2H3. The summed E-state index contributed by atoms with van der Waals surface area (Å²) in [6.45, 7) is 5.46. The molecular weight excluding hydrogens is 326 g/mol. The van der Waals surface area contributed by atoms with E-state index < -0.39 is 0 Å². The molecule has 2 nitrogen and oxygen atoms in total. The second-order valence-electron chi connectivity index (χ2n) is 6.09. The van der Waals surface area contributed by atoms with Gasteiger partial charge in [0.25, 0.3) is 0 Å². The van der Waals surface area contributed by atoms with Gasteiger partial charge in [0.2, 0.25) is 0 Å². The van der Waals surface area contributed by atoms with Crippen LogP contribution in [0.4, 0.5) is 0 Å². The lowest BCUT2D eigenvalue weighted by Gasteiger charge is -2.23. The summed E-state index contributed by atoms with van der Waals surface area (Å²) in [7, 11) is 0. The van der Waals surface area contributed by atoms with Gasteiger partial charge in [0, 0.05) is 16.1 Å². The number of hydrogen-bond donors (Lipinski definition) is 1. The first kappa shape index (κ1) is 16.8. The maximum Gasteiger partial charge on any atom is 0.124 e. The van der Waals surface area contributed by atoms with E-state index in [0.29, 0.717) is 12.1 Å². The lowest BCUT2D eigenvalue weighted by molar-refractivity contribution is 0.181. The van der Waals surface area contributed by atoms with Crippen LogP contribution in [-0.2, 0) is 0 Å². The molecule has 0 radical (unpaired) electrons. The van der Waals surface area contributed by atoms with Crippen LogP contribution >= 0.6 is 15.9 Å². The molecule has 2 rings (SSSR count). The Hall–Kier alpha value is -0.540. The number of ether oxygens (including phenoxy) is 1. The number of halogens is 1. The van der Waals surface area contributed by atoms with E-state index in [4.69, 9.17) is 4.74 Å². The highest BCUT2D eigenvalue weighted by Gasteiger charge is 2.17. The highest BCUT2D eigenvalue weighted by atomic mass is 79.9. The van der Waals surface area contributed by atoms with Gasteiger partial charge < -0.3 is 10.1 Å².